The van der Waals surface area contributed by atoms with E-state index < -0.39 is 18.6 Å². The van der Waals surface area contributed by atoms with Crippen LogP contribution in [0.15, 0.2) is 29.3 Å². The molecule has 0 bridgehead atoms. The summed E-state index contributed by atoms with van der Waals surface area (Å²) in [6.45, 7) is 8.05. The number of aliphatic hydroxyl groups is 1. The number of nitrogens with one attached hydrogen (secondary N) is 2. The molecule has 0 radical (unpaired) electrons. The van der Waals surface area contributed by atoms with Gasteiger partial charge in [0.25, 0.3) is 6.43 Å². The van der Waals surface area contributed by atoms with E-state index in [9.17, 15) is 13.9 Å². The standard InChI is InChI=1S/C20H32F2N4O3/c1-3-23-19(25-14-20(2,27)15-26-7-9-28-10-8-26)24-12-16-5-4-6-17(11-16)29-13-18(21)22/h4-6,11,18,27H,3,7-10,12-15H2,1-2H3,(H2,23,24,25). The van der Waals surface area contributed by atoms with Gasteiger partial charge in [0.2, 0.25) is 0 Å². The number of halogens is 2. The Hall–Kier alpha value is -1.97. The zero-order valence-electron chi connectivity index (χ0n) is 17.2. The van der Waals surface area contributed by atoms with Crippen LogP contribution >= 0.6 is 0 Å². The molecule has 2 rings (SSSR count). The van der Waals surface area contributed by atoms with Gasteiger partial charge in [0.05, 0.1) is 25.4 Å². The highest BCUT2D eigenvalue weighted by Gasteiger charge is 2.25. The van der Waals surface area contributed by atoms with Crippen LogP contribution in [0.25, 0.3) is 0 Å². The van der Waals surface area contributed by atoms with Crippen molar-refractivity contribution in [3.05, 3.63) is 29.8 Å². The molecule has 0 spiro atoms. The van der Waals surface area contributed by atoms with E-state index >= 15 is 0 Å². The first-order valence-electron chi connectivity index (χ1n) is 9.92. The van der Waals surface area contributed by atoms with Crippen LogP contribution in [-0.4, -0.2) is 80.5 Å². The number of rotatable bonds is 10. The summed E-state index contributed by atoms with van der Waals surface area (Å²) < 4.78 is 35.0. The van der Waals surface area contributed by atoms with E-state index in [0.29, 0.717) is 51.1 Å². The number of nitrogens with zero attached hydrogens (tertiary/aromatic N) is 2. The molecule has 1 saturated heterocycles. The van der Waals surface area contributed by atoms with E-state index in [2.05, 4.69) is 20.5 Å². The maximum Gasteiger partial charge on any atom is 0.272 e. The predicted octanol–water partition coefficient (Wildman–Crippen LogP) is 1.47. The lowest BCUT2D eigenvalue weighted by molar-refractivity contribution is -0.0201. The lowest BCUT2D eigenvalue weighted by atomic mass is 10.1. The van der Waals surface area contributed by atoms with Crippen molar-refractivity contribution >= 4 is 5.96 Å². The van der Waals surface area contributed by atoms with E-state index in [0.717, 1.165) is 18.7 Å². The van der Waals surface area contributed by atoms with E-state index in [1.807, 2.05) is 13.0 Å². The van der Waals surface area contributed by atoms with Crippen molar-refractivity contribution in [2.45, 2.75) is 32.4 Å². The summed E-state index contributed by atoms with van der Waals surface area (Å²) in [5.41, 5.74) is -0.0784. The number of ether oxygens (including phenoxy) is 2. The second kappa shape index (κ2) is 11.9. The summed E-state index contributed by atoms with van der Waals surface area (Å²) in [5.74, 6) is 0.970. The van der Waals surface area contributed by atoms with Crippen molar-refractivity contribution in [2.24, 2.45) is 4.99 Å². The van der Waals surface area contributed by atoms with Gasteiger partial charge >= 0.3 is 0 Å². The quantitative estimate of drug-likeness (QED) is 0.398. The van der Waals surface area contributed by atoms with Gasteiger partial charge in [0, 0.05) is 32.7 Å². The Balaban J connectivity index is 1.89. The molecular formula is C20H32F2N4O3. The van der Waals surface area contributed by atoms with Gasteiger partial charge in [-0.05, 0) is 31.5 Å². The van der Waals surface area contributed by atoms with Crippen LogP contribution in [0.1, 0.15) is 19.4 Å². The minimum Gasteiger partial charge on any atom is -0.488 e. The maximum atomic E-state index is 12.3. The second-order valence-electron chi connectivity index (χ2n) is 7.28. The number of aliphatic imine (C=N–C) groups is 1. The van der Waals surface area contributed by atoms with Crippen LogP contribution in [0.5, 0.6) is 5.75 Å². The molecule has 1 heterocycles. The first-order chi connectivity index (χ1) is 13.9. The lowest BCUT2D eigenvalue weighted by Crippen LogP contribution is -2.52. The van der Waals surface area contributed by atoms with Crippen molar-refractivity contribution in [3.8, 4) is 5.75 Å². The summed E-state index contributed by atoms with van der Waals surface area (Å²) in [6, 6.07) is 6.95. The van der Waals surface area contributed by atoms with Crippen LogP contribution < -0.4 is 15.4 Å². The molecule has 164 valence electrons. The highest BCUT2D eigenvalue weighted by atomic mass is 19.3. The molecule has 1 aromatic rings. The maximum absolute atomic E-state index is 12.3. The van der Waals surface area contributed by atoms with Gasteiger partial charge in [-0.1, -0.05) is 12.1 Å². The fraction of sp³-hybridized carbons (Fsp3) is 0.650. The number of guanidine groups is 1. The Labute approximate surface area is 171 Å². The topological polar surface area (TPSA) is 78.4 Å². The minimum atomic E-state index is -2.51. The molecule has 1 fully saturated rings. The Morgan fingerprint density at radius 3 is 2.79 bits per heavy atom. The van der Waals surface area contributed by atoms with Crippen LogP contribution in [0.4, 0.5) is 8.78 Å². The summed E-state index contributed by atoms with van der Waals surface area (Å²) >= 11 is 0. The number of alkyl halides is 2. The molecule has 1 unspecified atom stereocenters. The van der Waals surface area contributed by atoms with Gasteiger partial charge in [0.1, 0.15) is 12.4 Å². The van der Waals surface area contributed by atoms with Crippen LogP contribution in [0.2, 0.25) is 0 Å². The fourth-order valence-electron chi connectivity index (χ4n) is 2.98. The summed E-state index contributed by atoms with van der Waals surface area (Å²) in [7, 11) is 0. The van der Waals surface area contributed by atoms with Crippen LogP contribution in [0, 0.1) is 0 Å². The van der Waals surface area contributed by atoms with E-state index in [1.165, 1.54) is 0 Å². The molecule has 0 amide bonds. The Morgan fingerprint density at radius 2 is 2.10 bits per heavy atom. The molecule has 1 atom stereocenters. The normalized spacial score (nSPS) is 17.8. The molecule has 0 aromatic heterocycles. The van der Waals surface area contributed by atoms with E-state index in [1.54, 1.807) is 25.1 Å². The number of benzene rings is 1. The van der Waals surface area contributed by atoms with Crippen molar-refractivity contribution in [1.29, 1.82) is 0 Å². The summed E-state index contributed by atoms with van der Waals surface area (Å²) in [5, 5.41) is 17.0. The van der Waals surface area contributed by atoms with Gasteiger partial charge < -0.3 is 25.2 Å². The zero-order chi connectivity index (χ0) is 21.1. The van der Waals surface area contributed by atoms with Crippen molar-refractivity contribution in [3.63, 3.8) is 0 Å². The largest absolute Gasteiger partial charge is 0.488 e. The molecular weight excluding hydrogens is 382 g/mol. The highest BCUT2D eigenvalue weighted by Crippen LogP contribution is 2.15. The zero-order valence-corrected chi connectivity index (χ0v) is 17.2. The number of hydrogen-bond donors (Lipinski definition) is 3. The molecule has 29 heavy (non-hydrogen) atoms. The average Bonchev–Trinajstić information content (AvgIpc) is 2.69. The van der Waals surface area contributed by atoms with Crippen LogP contribution in [-0.2, 0) is 11.3 Å². The average molecular weight is 414 g/mol. The van der Waals surface area contributed by atoms with Crippen molar-refractivity contribution in [2.75, 3.05) is 52.5 Å². The Morgan fingerprint density at radius 1 is 1.34 bits per heavy atom. The summed E-state index contributed by atoms with van der Waals surface area (Å²) in [4.78, 5) is 6.70. The highest BCUT2D eigenvalue weighted by molar-refractivity contribution is 5.79. The Bertz CT molecular complexity index is 638. The van der Waals surface area contributed by atoms with Gasteiger partial charge in [-0.15, -0.1) is 0 Å². The van der Waals surface area contributed by atoms with Gasteiger partial charge in [-0.3, -0.25) is 4.90 Å². The van der Waals surface area contributed by atoms with Crippen LogP contribution in [0.3, 0.4) is 0 Å². The minimum absolute atomic E-state index is 0.341. The van der Waals surface area contributed by atoms with Gasteiger partial charge in [-0.2, -0.15) is 0 Å². The lowest BCUT2D eigenvalue weighted by Gasteiger charge is -2.34. The first-order valence-corrected chi connectivity index (χ1v) is 9.92. The SMILES string of the molecule is CCNC(=NCc1cccc(OCC(F)F)c1)NCC(C)(O)CN1CCOCC1. The molecule has 0 saturated carbocycles. The number of β-amino-alcohol motifs (C(OH)–C–C–N with tert-alkyl or cyclic N) is 1. The molecule has 3 N–H and O–H groups in total. The molecule has 1 aliphatic heterocycles. The third kappa shape index (κ3) is 9.38. The number of morpholine rings is 1. The molecule has 9 heteroatoms. The third-order valence-corrected chi connectivity index (χ3v) is 4.34. The first kappa shape index (κ1) is 23.3. The molecule has 1 aromatic carbocycles. The van der Waals surface area contributed by atoms with E-state index in [4.69, 9.17) is 9.47 Å². The summed E-state index contributed by atoms with van der Waals surface area (Å²) in [6.07, 6.45) is -2.51. The Kier molecular flexibility index (Phi) is 9.56. The van der Waals surface area contributed by atoms with Crippen molar-refractivity contribution < 1.29 is 23.4 Å². The monoisotopic (exact) mass is 414 g/mol. The fourth-order valence-corrected chi connectivity index (χ4v) is 2.98. The van der Waals surface area contributed by atoms with Crippen molar-refractivity contribution in [1.82, 2.24) is 15.5 Å². The van der Waals surface area contributed by atoms with E-state index in [-0.39, 0.29) is 0 Å². The molecule has 7 nitrogen and oxygen atoms in total. The third-order valence-electron chi connectivity index (χ3n) is 4.34. The number of hydrogen-bond acceptors (Lipinski definition) is 5. The van der Waals surface area contributed by atoms with Gasteiger partial charge in [0.15, 0.2) is 5.96 Å². The van der Waals surface area contributed by atoms with Gasteiger partial charge in [-0.25, -0.2) is 13.8 Å². The second-order valence-corrected chi connectivity index (χ2v) is 7.28. The molecule has 1 aliphatic rings. The smallest absolute Gasteiger partial charge is 0.272 e. The molecule has 0 aliphatic carbocycles. The predicted molar refractivity (Wildman–Crippen MR) is 109 cm³/mol.